The third-order valence-corrected chi connectivity index (χ3v) is 4.88. The van der Waals surface area contributed by atoms with Crippen molar-refractivity contribution in [3.8, 4) is 0 Å². The van der Waals surface area contributed by atoms with Crippen LogP contribution in [0.3, 0.4) is 0 Å². The average molecular weight is 364 g/mol. The number of aromatic nitrogens is 2. The van der Waals surface area contributed by atoms with Gasteiger partial charge in [0.05, 0.1) is 23.2 Å². The molecule has 1 aromatic carbocycles. The van der Waals surface area contributed by atoms with Gasteiger partial charge in [0.2, 0.25) is 5.91 Å². The van der Waals surface area contributed by atoms with Crippen LogP contribution in [0.4, 0.5) is 0 Å². The zero-order chi connectivity index (χ0) is 18.8. The van der Waals surface area contributed by atoms with E-state index in [0.29, 0.717) is 30.8 Å². The lowest BCUT2D eigenvalue weighted by atomic mass is 10.00. The maximum absolute atomic E-state index is 12.5. The molecule has 1 N–H and O–H groups in total. The normalized spacial score (nSPS) is 13.4. The first-order valence-corrected chi connectivity index (χ1v) is 9.02. The molecule has 1 aliphatic heterocycles. The van der Waals surface area contributed by atoms with Crippen LogP contribution in [0.5, 0.6) is 0 Å². The van der Waals surface area contributed by atoms with Crippen LogP contribution in [0.1, 0.15) is 34.1 Å². The van der Waals surface area contributed by atoms with Gasteiger partial charge in [0.1, 0.15) is 0 Å². The molecule has 4 rings (SSSR count). The van der Waals surface area contributed by atoms with Crippen molar-refractivity contribution >= 4 is 22.9 Å². The van der Waals surface area contributed by atoms with E-state index in [1.807, 2.05) is 25.1 Å². The lowest BCUT2D eigenvalue weighted by Crippen LogP contribution is -2.42. The number of nitrogens with one attached hydrogen (secondary N) is 1. The zero-order valence-corrected chi connectivity index (χ0v) is 15.1. The van der Waals surface area contributed by atoms with Gasteiger partial charge in [0.15, 0.2) is 0 Å². The molecule has 0 saturated carbocycles. The van der Waals surface area contributed by atoms with E-state index in [1.54, 1.807) is 11.0 Å². The molecule has 0 radical (unpaired) electrons. The first-order valence-electron chi connectivity index (χ1n) is 9.02. The fourth-order valence-corrected chi connectivity index (χ4v) is 3.34. The number of carbonyl (C=O) groups excluding carboxylic acids is 2. The largest absolute Gasteiger partial charge is 0.343 e. The molecular weight excluding hydrogens is 344 g/mol. The third kappa shape index (κ3) is 3.40. The SMILES string of the molecule is CCc1noc2ncc(C(=O)NCC(=O)N3CCc4ccccc4C3)cc12. The molecule has 0 atom stereocenters. The minimum atomic E-state index is -0.335. The Morgan fingerprint density at radius 2 is 2.07 bits per heavy atom. The summed E-state index contributed by atoms with van der Waals surface area (Å²) in [5.41, 5.74) is 4.00. The smallest absolute Gasteiger partial charge is 0.257 e. The Bertz CT molecular complexity index is 1010. The quantitative estimate of drug-likeness (QED) is 0.766. The predicted octanol–water partition coefficient (Wildman–Crippen LogP) is 2.10. The van der Waals surface area contributed by atoms with Crippen molar-refractivity contribution in [3.63, 3.8) is 0 Å². The van der Waals surface area contributed by atoms with Crippen molar-refractivity contribution in [2.45, 2.75) is 26.3 Å². The van der Waals surface area contributed by atoms with E-state index in [-0.39, 0.29) is 18.4 Å². The molecule has 138 valence electrons. The summed E-state index contributed by atoms with van der Waals surface area (Å²) in [5.74, 6) is -0.426. The summed E-state index contributed by atoms with van der Waals surface area (Å²) >= 11 is 0. The number of amides is 2. The molecule has 0 bridgehead atoms. The average Bonchev–Trinajstić information content (AvgIpc) is 3.13. The summed E-state index contributed by atoms with van der Waals surface area (Å²) < 4.78 is 5.13. The highest BCUT2D eigenvalue weighted by molar-refractivity contribution is 5.98. The Kier molecular flexibility index (Phi) is 4.58. The standard InChI is InChI=1S/C20H20N4O3/c1-2-17-16-9-15(10-22-20(16)27-23-17)19(26)21-11-18(25)24-8-7-13-5-3-4-6-14(13)12-24/h3-6,9-10H,2,7-8,11-12H2,1H3,(H,21,26). The fourth-order valence-electron chi connectivity index (χ4n) is 3.34. The van der Waals surface area contributed by atoms with Crippen LogP contribution >= 0.6 is 0 Å². The lowest BCUT2D eigenvalue weighted by molar-refractivity contribution is -0.131. The molecule has 7 nitrogen and oxygen atoms in total. The summed E-state index contributed by atoms with van der Waals surface area (Å²) in [6, 6.07) is 9.83. The lowest BCUT2D eigenvalue weighted by Gasteiger charge is -2.29. The van der Waals surface area contributed by atoms with Gasteiger partial charge in [0, 0.05) is 19.3 Å². The van der Waals surface area contributed by atoms with Gasteiger partial charge in [-0.2, -0.15) is 0 Å². The van der Waals surface area contributed by atoms with Crippen molar-refractivity contribution in [2.24, 2.45) is 0 Å². The van der Waals surface area contributed by atoms with Crippen LogP contribution in [-0.2, 0) is 24.2 Å². The highest BCUT2D eigenvalue weighted by Gasteiger charge is 2.21. The number of pyridine rings is 1. The second-order valence-corrected chi connectivity index (χ2v) is 6.58. The van der Waals surface area contributed by atoms with Gasteiger partial charge in [-0.3, -0.25) is 9.59 Å². The van der Waals surface area contributed by atoms with E-state index in [0.717, 1.165) is 23.1 Å². The summed E-state index contributed by atoms with van der Waals surface area (Å²) in [6.45, 7) is 3.17. The number of hydrogen-bond acceptors (Lipinski definition) is 5. The van der Waals surface area contributed by atoms with Gasteiger partial charge in [-0.05, 0) is 30.0 Å². The third-order valence-electron chi connectivity index (χ3n) is 4.88. The molecule has 3 heterocycles. The number of hydrogen-bond donors (Lipinski definition) is 1. The first kappa shape index (κ1) is 17.2. The monoisotopic (exact) mass is 364 g/mol. The minimum Gasteiger partial charge on any atom is -0.343 e. The number of benzene rings is 1. The molecule has 2 aromatic heterocycles. The first-order chi connectivity index (χ1) is 13.2. The van der Waals surface area contributed by atoms with Crippen molar-refractivity contribution < 1.29 is 14.1 Å². The Hall–Kier alpha value is -3.22. The number of rotatable bonds is 4. The van der Waals surface area contributed by atoms with Gasteiger partial charge in [-0.25, -0.2) is 4.98 Å². The van der Waals surface area contributed by atoms with E-state index in [2.05, 4.69) is 21.5 Å². The van der Waals surface area contributed by atoms with Gasteiger partial charge in [0.25, 0.3) is 11.6 Å². The number of nitrogens with zero attached hydrogens (tertiary/aromatic N) is 3. The molecule has 2 amide bonds. The molecule has 0 spiro atoms. The van der Waals surface area contributed by atoms with Crippen LogP contribution in [0, 0.1) is 0 Å². The highest BCUT2D eigenvalue weighted by Crippen LogP contribution is 2.19. The van der Waals surface area contributed by atoms with E-state index in [4.69, 9.17) is 4.52 Å². The summed E-state index contributed by atoms with van der Waals surface area (Å²) in [4.78, 5) is 30.8. The molecule has 3 aromatic rings. The van der Waals surface area contributed by atoms with Crippen molar-refractivity contribution in [1.29, 1.82) is 0 Å². The Labute approximate surface area is 156 Å². The zero-order valence-electron chi connectivity index (χ0n) is 15.1. The molecule has 7 heteroatoms. The van der Waals surface area contributed by atoms with Crippen LogP contribution in [0.15, 0.2) is 41.1 Å². The maximum Gasteiger partial charge on any atom is 0.257 e. The highest BCUT2D eigenvalue weighted by atomic mass is 16.5. The molecular formula is C20H20N4O3. The van der Waals surface area contributed by atoms with Gasteiger partial charge >= 0.3 is 0 Å². The van der Waals surface area contributed by atoms with E-state index >= 15 is 0 Å². The summed E-state index contributed by atoms with van der Waals surface area (Å²) in [7, 11) is 0. The summed E-state index contributed by atoms with van der Waals surface area (Å²) in [6.07, 6.45) is 2.96. The summed E-state index contributed by atoms with van der Waals surface area (Å²) in [5, 5.41) is 7.36. The molecule has 0 aliphatic carbocycles. The Balaban J connectivity index is 1.40. The Morgan fingerprint density at radius 3 is 2.89 bits per heavy atom. The second kappa shape index (κ2) is 7.19. The minimum absolute atomic E-state index is 0.0384. The molecule has 0 unspecified atom stereocenters. The molecule has 1 aliphatic rings. The number of aryl methyl sites for hydroxylation is 1. The number of carbonyl (C=O) groups is 2. The van der Waals surface area contributed by atoms with Crippen LogP contribution in [0.2, 0.25) is 0 Å². The topological polar surface area (TPSA) is 88.3 Å². The van der Waals surface area contributed by atoms with E-state index in [1.165, 1.54) is 11.8 Å². The van der Waals surface area contributed by atoms with E-state index < -0.39 is 0 Å². The Morgan fingerprint density at radius 1 is 1.26 bits per heavy atom. The number of fused-ring (bicyclic) bond motifs is 2. The molecule has 0 fully saturated rings. The van der Waals surface area contributed by atoms with Crippen LogP contribution < -0.4 is 5.32 Å². The van der Waals surface area contributed by atoms with E-state index in [9.17, 15) is 9.59 Å². The van der Waals surface area contributed by atoms with Crippen molar-refractivity contribution in [3.05, 3.63) is 58.9 Å². The van der Waals surface area contributed by atoms with Crippen molar-refractivity contribution in [2.75, 3.05) is 13.1 Å². The van der Waals surface area contributed by atoms with Crippen molar-refractivity contribution in [1.82, 2.24) is 20.4 Å². The fraction of sp³-hybridized carbons (Fsp3) is 0.300. The molecule has 0 saturated heterocycles. The van der Waals surface area contributed by atoms with Gasteiger partial charge in [-0.1, -0.05) is 36.3 Å². The van der Waals surface area contributed by atoms with Crippen LogP contribution in [-0.4, -0.2) is 39.9 Å². The maximum atomic E-state index is 12.5. The van der Waals surface area contributed by atoms with Gasteiger partial charge in [-0.15, -0.1) is 0 Å². The predicted molar refractivity (Wildman–Crippen MR) is 99.1 cm³/mol. The second-order valence-electron chi connectivity index (χ2n) is 6.58. The van der Waals surface area contributed by atoms with Gasteiger partial charge < -0.3 is 14.7 Å². The van der Waals surface area contributed by atoms with Crippen LogP contribution in [0.25, 0.3) is 11.1 Å². The molecule has 27 heavy (non-hydrogen) atoms.